The number of carbonyl (C=O) groups excluding carboxylic acids is 1. The molecule has 0 radical (unpaired) electrons. The van der Waals surface area contributed by atoms with Crippen LogP contribution in [0, 0.1) is 6.92 Å². The van der Waals surface area contributed by atoms with Crippen molar-refractivity contribution in [2.45, 2.75) is 6.92 Å². The Labute approximate surface area is 148 Å². The first-order valence-corrected chi connectivity index (χ1v) is 8.14. The molecule has 0 unspecified atom stereocenters. The molecule has 0 saturated heterocycles. The highest BCUT2D eigenvalue weighted by molar-refractivity contribution is 9.10. The summed E-state index contributed by atoms with van der Waals surface area (Å²) in [5, 5.41) is 14.0. The monoisotopic (exact) mass is 382 g/mol. The lowest BCUT2D eigenvalue weighted by atomic mass is 10.2. The number of hydrogen-bond acceptors (Lipinski definition) is 4. The maximum Gasteiger partial charge on any atom is 0.258 e. The van der Waals surface area contributed by atoms with E-state index in [0.29, 0.717) is 17.2 Å². The van der Waals surface area contributed by atoms with Crippen molar-refractivity contribution in [3.05, 3.63) is 76.3 Å². The predicted octanol–water partition coefficient (Wildman–Crippen LogP) is 4.54. The summed E-state index contributed by atoms with van der Waals surface area (Å²) in [6, 6.07) is 18.7. The Bertz CT molecular complexity index is 865. The summed E-state index contributed by atoms with van der Waals surface area (Å²) < 4.78 is 0.730. The summed E-state index contributed by atoms with van der Waals surface area (Å²) in [4.78, 5) is 12.2. The summed E-state index contributed by atoms with van der Waals surface area (Å²) >= 11 is 3.36. The number of aryl methyl sites for hydroxylation is 1. The van der Waals surface area contributed by atoms with Crippen LogP contribution in [0.1, 0.15) is 15.9 Å². The van der Waals surface area contributed by atoms with Gasteiger partial charge < -0.3 is 10.6 Å². The molecule has 2 N–H and O–H groups in total. The van der Waals surface area contributed by atoms with Crippen LogP contribution in [0.25, 0.3) is 0 Å². The number of carbonyl (C=O) groups is 1. The smallest absolute Gasteiger partial charge is 0.258 e. The third kappa shape index (κ3) is 3.97. The van der Waals surface area contributed by atoms with Gasteiger partial charge in [-0.3, -0.25) is 4.79 Å². The van der Waals surface area contributed by atoms with Crippen molar-refractivity contribution < 1.29 is 4.79 Å². The van der Waals surface area contributed by atoms with Gasteiger partial charge in [0.05, 0.1) is 5.56 Å². The average Bonchev–Trinajstić information content (AvgIpc) is 2.57. The number of hydrogen-bond donors (Lipinski definition) is 2. The van der Waals surface area contributed by atoms with Crippen LogP contribution >= 0.6 is 15.9 Å². The molecular weight excluding hydrogens is 368 g/mol. The number of aromatic nitrogens is 2. The number of anilines is 3. The standard InChI is InChI=1S/C18H15BrN4O/c1-12-5-4-6-13(11-12)20-16-9-10-17(23-22-16)21-18(24)14-7-2-3-8-15(14)19/h2-11H,1H3,(H,20,22)(H,21,23,24). The number of benzene rings is 2. The fourth-order valence-corrected chi connectivity index (χ4v) is 2.63. The third-order valence-electron chi connectivity index (χ3n) is 3.32. The lowest BCUT2D eigenvalue weighted by molar-refractivity contribution is 0.102. The zero-order chi connectivity index (χ0) is 16.9. The molecular formula is C18H15BrN4O. The third-order valence-corrected chi connectivity index (χ3v) is 4.01. The maximum absolute atomic E-state index is 12.2. The zero-order valence-electron chi connectivity index (χ0n) is 13.0. The van der Waals surface area contributed by atoms with Gasteiger partial charge in [-0.25, -0.2) is 0 Å². The molecule has 0 spiro atoms. The summed E-state index contributed by atoms with van der Waals surface area (Å²) in [7, 11) is 0. The minimum Gasteiger partial charge on any atom is -0.339 e. The van der Waals surface area contributed by atoms with E-state index in [-0.39, 0.29) is 5.91 Å². The van der Waals surface area contributed by atoms with Gasteiger partial charge in [-0.05, 0) is 64.8 Å². The van der Waals surface area contributed by atoms with Crippen LogP contribution in [0.15, 0.2) is 65.1 Å². The molecule has 1 aromatic heterocycles. The molecule has 1 amide bonds. The van der Waals surface area contributed by atoms with Crippen LogP contribution < -0.4 is 10.6 Å². The van der Waals surface area contributed by atoms with Gasteiger partial charge in [0.1, 0.15) is 0 Å². The van der Waals surface area contributed by atoms with Gasteiger partial charge in [0.15, 0.2) is 11.6 Å². The molecule has 3 aromatic rings. The molecule has 0 atom stereocenters. The van der Waals surface area contributed by atoms with Crippen LogP contribution in [0.3, 0.4) is 0 Å². The van der Waals surface area contributed by atoms with Gasteiger partial charge in [0.25, 0.3) is 5.91 Å². The first-order chi connectivity index (χ1) is 11.6. The highest BCUT2D eigenvalue weighted by Gasteiger charge is 2.10. The molecule has 0 saturated carbocycles. The van der Waals surface area contributed by atoms with Crippen LogP contribution in [-0.2, 0) is 0 Å². The minimum atomic E-state index is -0.240. The van der Waals surface area contributed by atoms with E-state index in [4.69, 9.17) is 0 Å². The Morgan fingerprint density at radius 2 is 1.71 bits per heavy atom. The first-order valence-electron chi connectivity index (χ1n) is 7.35. The second-order valence-corrected chi connectivity index (χ2v) is 6.09. The van der Waals surface area contributed by atoms with Crippen LogP contribution in [-0.4, -0.2) is 16.1 Å². The largest absolute Gasteiger partial charge is 0.339 e. The van der Waals surface area contributed by atoms with E-state index in [1.165, 1.54) is 0 Å². The van der Waals surface area contributed by atoms with Gasteiger partial charge in [0, 0.05) is 10.2 Å². The number of nitrogens with one attached hydrogen (secondary N) is 2. The fraction of sp³-hybridized carbons (Fsp3) is 0.0556. The molecule has 0 aliphatic carbocycles. The first kappa shape index (κ1) is 16.1. The van der Waals surface area contributed by atoms with E-state index in [1.807, 2.05) is 43.3 Å². The van der Waals surface area contributed by atoms with E-state index < -0.39 is 0 Å². The highest BCUT2D eigenvalue weighted by atomic mass is 79.9. The van der Waals surface area contributed by atoms with E-state index in [9.17, 15) is 4.79 Å². The number of rotatable bonds is 4. The van der Waals surface area contributed by atoms with E-state index in [2.05, 4.69) is 36.8 Å². The molecule has 0 fully saturated rings. The molecule has 120 valence electrons. The van der Waals surface area contributed by atoms with Crippen molar-refractivity contribution in [2.75, 3.05) is 10.6 Å². The van der Waals surface area contributed by atoms with Gasteiger partial charge in [-0.2, -0.15) is 0 Å². The number of amides is 1. The summed E-state index contributed by atoms with van der Waals surface area (Å²) in [5.74, 6) is 0.765. The molecule has 1 heterocycles. The Kier molecular flexibility index (Phi) is 4.86. The van der Waals surface area contributed by atoms with Crippen molar-refractivity contribution in [1.82, 2.24) is 10.2 Å². The topological polar surface area (TPSA) is 66.9 Å². The van der Waals surface area contributed by atoms with Gasteiger partial charge >= 0.3 is 0 Å². The zero-order valence-corrected chi connectivity index (χ0v) is 14.5. The molecule has 24 heavy (non-hydrogen) atoms. The second kappa shape index (κ2) is 7.23. The lowest BCUT2D eigenvalue weighted by Crippen LogP contribution is -2.14. The van der Waals surface area contributed by atoms with Crippen molar-refractivity contribution in [2.24, 2.45) is 0 Å². The van der Waals surface area contributed by atoms with Gasteiger partial charge in [-0.15, -0.1) is 10.2 Å². The molecule has 6 heteroatoms. The summed E-state index contributed by atoms with van der Waals surface area (Å²) in [6.45, 7) is 2.03. The molecule has 0 aliphatic heterocycles. The summed E-state index contributed by atoms with van der Waals surface area (Å²) in [5.41, 5.74) is 2.64. The molecule has 5 nitrogen and oxygen atoms in total. The fourth-order valence-electron chi connectivity index (χ4n) is 2.17. The van der Waals surface area contributed by atoms with E-state index >= 15 is 0 Å². The summed E-state index contributed by atoms with van der Waals surface area (Å²) in [6.07, 6.45) is 0. The normalized spacial score (nSPS) is 10.2. The Morgan fingerprint density at radius 3 is 2.42 bits per heavy atom. The minimum absolute atomic E-state index is 0.240. The molecule has 0 bridgehead atoms. The van der Waals surface area contributed by atoms with Crippen molar-refractivity contribution in [3.8, 4) is 0 Å². The molecule has 0 aliphatic rings. The second-order valence-electron chi connectivity index (χ2n) is 5.23. The van der Waals surface area contributed by atoms with Crippen LogP contribution in [0.5, 0.6) is 0 Å². The highest BCUT2D eigenvalue weighted by Crippen LogP contribution is 2.18. The predicted molar refractivity (Wildman–Crippen MR) is 98.6 cm³/mol. The Hall–Kier alpha value is -2.73. The van der Waals surface area contributed by atoms with Crippen LogP contribution in [0.4, 0.5) is 17.3 Å². The average molecular weight is 383 g/mol. The maximum atomic E-state index is 12.2. The van der Waals surface area contributed by atoms with E-state index in [1.54, 1.807) is 24.3 Å². The number of halogens is 1. The molecule has 3 rings (SSSR count). The van der Waals surface area contributed by atoms with E-state index in [0.717, 1.165) is 15.7 Å². The Morgan fingerprint density at radius 1 is 0.958 bits per heavy atom. The van der Waals surface area contributed by atoms with Crippen molar-refractivity contribution >= 4 is 39.2 Å². The molecule has 2 aromatic carbocycles. The lowest BCUT2D eigenvalue weighted by Gasteiger charge is -2.08. The van der Waals surface area contributed by atoms with Crippen molar-refractivity contribution in [1.29, 1.82) is 0 Å². The van der Waals surface area contributed by atoms with Gasteiger partial charge in [0.2, 0.25) is 0 Å². The number of nitrogens with zero attached hydrogens (tertiary/aromatic N) is 2. The SMILES string of the molecule is Cc1cccc(Nc2ccc(NC(=O)c3ccccc3Br)nn2)c1. The van der Waals surface area contributed by atoms with Crippen LogP contribution in [0.2, 0.25) is 0 Å². The van der Waals surface area contributed by atoms with Crippen molar-refractivity contribution in [3.63, 3.8) is 0 Å². The Balaban J connectivity index is 1.68. The van der Waals surface area contributed by atoms with Gasteiger partial charge in [-0.1, -0.05) is 24.3 Å². The quantitative estimate of drug-likeness (QED) is 0.694.